The molecule has 0 radical (unpaired) electrons. The third-order valence-electron chi connectivity index (χ3n) is 4.54. The molecule has 6 nitrogen and oxygen atoms in total. The SMILES string of the molecule is COc1ccc(S(=O)(=O)N2CCCC(C(=O)Nc3cccc(Cl)c3)C2)cc1. The van der Waals surface area contributed by atoms with E-state index < -0.39 is 15.9 Å². The minimum absolute atomic E-state index is 0.154. The second-order valence-electron chi connectivity index (χ2n) is 6.38. The highest BCUT2D eigenvalue weighted by Crippen LogP contribution is 2.26. The zero-order valence-corrected chi connectivity index (χ0v) is 16.5. The molecule has 0 aliphatic carbocycles. The minimum atomic E-state index is -3.66. The lowest BCUT2D eigenvalue weighted by atomic mass is 9.99. The van der Waals surface area contributed by atoms with Gasteiger partial charge in [-0.2, -0.15) is 4.31 Å². The second kappa shape index (κ2) is 8.29. The summed E-state index contributed by atoms with van der Waals surface area (Å²) < 4.78 is 32.2. The van der Waals surface area contributed by atoms with Gasteiger partial charge in [-0.25, -0.2) is 8.42 Å². The number of amides is 1. The van der Waals surface area contributed by atoms with Crippen molar-refractivity contribution < 1.29 is 17.9 Å². The minimum Gasteiger partial charge on any atom is -0.497 e. The molecule has 1 fully saturated rings. The van der Waals surface area contributed by atoms with Crippen LogP contribution >= 0.6 is 11.6 Å². The maximum absolute atomic E-state index is 12.9. The first-order valence-corrected chi connectivity index (χ1v) is 10.4. The van der Waals surface area contributed by atoms with Crippen LogP contribution in [0.1, 0.15) is 12.8 Å². The number of halogens is 1. The van der Waals surface area contributed by atoms with Crippen molar-refractivity contribution in [3.8, 4) is 5.75 Å². The Bertz CT molecular complexity index is 916. The summed E-state index contributed by atoms with van der Waals surface area (Å²) in [6.45, 7) is 0.552. The first-order valence-electron chi connectivity index (χ1n) is 8.61. The molecule has 144 valence electrons. The molecule has 2 aromatic rings. The Balaban J connectivity index is 1.71. The molecule has 1 heterocycles. The lowest BCUT2D eigenvalue weighted by Crippen LogP contribution is -2.43. The average Bonchev–Trinajstić information content (AvgIpc) is 2.68. The summed E-state index contributed by atoms with van der Waals surface area (Å²) in [6, 6.07) is 13.1. The van der Waals surface area contributed by atoms with E-state index >= 15 is 0 Å². The van der Waals surface area contributed by atoms with E-state index in [0.29, 0.717) is 35.8 Å². The number of hydrogen-bond acceptors (Lipinski definition) is 4. The topological polar surface area (TPSA) is 75.7 Å². The van der Waals surface area contributed by atoms with Gasteiger partial charge in [-0.1, -0.05) is 17.7 Å². The van der Waals surface area contributed by atoms with Crippen LogP contribution in [-0.2, 0) is 14.8 Å². The number of rotatable bonds is 5. The molecular formula is C19H21ClN2O4S. The van der Waals surface area contributed by atoms with E-state index in [0.717, 1.165) is 0 Å². The number of hydrogen-bond donors (Lipinski definition) is 1. The molecule has 0 spiro atoms. The standard InChI is InChI=1S/C19H21ClN2O4S/c1-26-17-7-9-18(10-8-17)27(24,25)22-11-3-4-14(13-22)19(23)21-16-6-2-5-15(20)12-16/h2,5-10,12,14H,3-4,11,13H2,1H3,(H,21,23). The van der Waals surface area contributed by atoms with Gasteiger partial charge in [0.1, 0.15) is 5.75 Å². The van der Waals surface area contributed by atoms with Crippen molar-refractivity contribution in [1.29, 1.82) is 0 Å². The van der Waals surface area contributed by atoms with Crippen molar-refractivity contribution in [2.45, 2.75) is 17.7 Å². The maximum Gasteiger partial charge on any atom is 0.243 e. The Kier molecular flexibility index (Phi) is 6.04. The van der Waals surface area contributed by atoms with Crippen molar-refractivity contribution >= 4 is 33.2 Å². The number of anilines is 1. The largest absolute Gasteiger partial charge is 0.497 e. The summed E-state index contributed by atoms with van der Waals surface area (Å²) >= 11 is 5.94. The van der Waals surface area contributed by atoms with Crippen LogP contribution in [0.5, 0.6) is 5.75 Å². The molecule has 1 unspecified atom stereocenters. The highest BCUT2D eigenvalue weighted by atomic mass is 35.5. The number of carbonyl (C=O) groups excluding carboxylic acids is 1. The summed E-state index contributed by atoms with van der Waals surface area (Å²) in [6.07, 6.45) is 1.27. The van der Waals surface area contributed by atoms with Crippen LogP contribution in [0.3, 0.4) is 0 Å². The van der Waals surface area contributed by atoms with Gasteiger partial charge in [0.25, 0.3) is 0 Å². The Morgan fingerprint density at radius 3 is 2.63 bits per heavy atom. The predicted molar refractivity (Wildman–Crippen MR) is 105 cm³/mol. The fourth-order valence-corrected chi connectivity index (χ4v) is 4.80. The Morgan fingerprint density at radius 1 is 1.22 bits per heavy atom. The molecule has 0 saturated carbocycles. The lowest BCUT2D eigenvalue weighted by Gasteiger charge is -2.31. The van der Waals surface area contributed by atoms with Gasteiger partial charge in [-0.15, -0.1) is 0 Å². The van der Waals surface area contributed by atoms with E-state index in [1.807, 2.05) is 0 Å². The van der Waals surface area contributed by atoms with Gasteiger partial charge >= 0.3 is 0 Å². The quantitative estimate of drug-likeness (QED) is 0.822. The number of carbonyl (C=O) groups is 1. The van der Waals surface area contributed by atoms with E-state index in [2.05, 4.69) is 5.32 Å². The van der Waals surface area contributed by atoms with Gasteiger partial charge in [0, 0.05) is 23.8 Å². The van der Waals surface area contributed by atoms with Crippen molar-refractivity contribution in [1.82, 2.24) is 4.31 Å². The Morgan fingerprint density at radius 2 is 1.96 bits per heavy atom. The lowest BCUT2D eigenvalue weighted by molar-refractivity contribution is -0.120. The van der Waals surface area contributed by atoms with E-state index in [-0.39, 0.29) is 17.3 Å². The van der Waals surface area contributed by atoms with Gasteiger partial charge in [0.15, 0.2) is 0 Å². The summed E-state index contributed by atoms with van der Waals surface area (Å²) in [4.78, 5) is 12.8. The number of nitrogens with zero attached hydrogens (tertiary/aromatic N) is 1. The van der Waals surface area contributed by atoms with Crippen LogP contribution in [0.2, 0.25) is 5.02 Å². The molecule has 2 aromatic carbocycles. The van der Waals surface area contributed by atoms with Crippen molar-refractivity contribution in [3.05, 3.63) is 53.6 Å². The Labute approximate surface area is 164 Å². The fraction of sp³-hybridized carbons (Fsp3) is 0.316. The van der Waals surface area contributed by atoms with Crippen LogP contribution in [0.15, 0.2) is 53.4 Å². The van der Waals surface area contributed by atoms with E-state index in [1.54, 1.807) is 36.4 Å². The van der Waals surface area contributed by atoms with Gasteiger partial charge in [-0.05, 0) is 55.3 Å². The molecule has 1 atom stereocenters. The van der Waals surface area contributed by atoms with Gasteiger partial charge < -0.3 is 10.1 Å². The first kappa shape index (κ1) is 19.7. The van der Waals surface area contributed by atoms with Crippen molar-refractivity contribution in [2.75, 3.05) is 25.5 Å². The predicted octanol–water partition coefficient (Wildman–Crippen LogP) is 3.39. The number of benzene rings is 2. The molecule has 8 heteroatoms. The number of methoxy groups -OCH3 is 1. The molecule has 1 saturated heterocycles. The molecule has 1 N–H and O–H groups in total. The summed E-state index contributed by atoms with van der Waals surface area (Å²) in [5, 5.41) is 3.35. The number of sulfonamides is 1. The molecule has 1 aliphatic heterocycles. The first-order chi connectivity index (χ1) is 12.9. The molecular weight excluding hydrogens is 388 g/mol. The summed E-state index contributed by atoms with van der Waals surface area (Å²) in [5.74, 6) is -0.0241. The number of nitrogens with one attached hydrogen (secondary N) is 1. The van der Waals surface area contributed by atoms with Crippen LogP contribution in [0.25, 0.3) is 0 Å². The molecule has 1 amide bonds. The Hall–Kier alpha value is -2.09. The third-order valence-corrected chi connectivity index (χ3v) is 6.66. The molecule has 27 heavy (non-hydrogen) atoms. The van der Waals surface area contributed by atoms with E-state index in [9.17, 15) is 13.2 Å². The fourth-order valence-electron chi connectivity index (χ4n) is 3.08. The third kappa shape index (κ3) is 4.61. The molecule has 1 aliphatic rings. The smallest absolute Gasteiger partial charge is 0.243 e. The van der Waals surface area contributed by atoms with Crippen LogP contribution in [0.4, 0.5) is 5.69 Å². The van der Waals surface area contributed by atoms with Gasteiger partial charge in [-0.3, -0.25) is 4.79 Å². The molecule has 0 bridgehead atoms. The van der Waals surface area contributed by atoms with Gasteiger partial charge in [0.2, 0.25) is 15.9 Å². The van der Waals surface area contributed by atoms with Crippen molar-refractivity contribution in [3.63, 3.8) is 0 Å². The zero-order valence-electron chi connectivity index (χ0n) is 14.9. The van der Waals surface area contributed by atoms with Crippen LogP contribution in [-0.4, -0.2) is 38.8 Å². The van der Waals surface area contributed by atoms with Crippen LogP contribution in [0, 0.1) is 5.92 Å². The van der Waals surface area contributed by atoms with Crippen LogP contribution < -0.4 is 10.1 Å². The number of piperidine rings is 1. The van der Waals surface area contributed by atoms with Crippen molar-refractivity contribution in [2.24, 2.45) is 5.92 Å². The van der Waals surface area contributed by atoms with E-state index in [4.69, 9.17) is 16.3 Å². The normalized spacial score (nSPS) is 18.1. The number of ether oxygens (including phenoxy) is 1. The zero-order chi connectivity index (χ0) is 19.4. The summed E-state index contributed by atoms with van der Waals surface area (Å²) in [7, 11) is -2.13. The van der Waals surface area contributed by atoms with E-state index in [1.165, 1.54) is 23.5 Å². The summed E-state index contributed by atoms with van der Waals surface area (Å²) in [5.41, 5.74) is 0.600. The maximum atomic E-state index is 12.9. The molecule has 0 aromatic heterocycles. The second-order valence-corrected chi connectivity index (χ2v) is 8.75. The highest BCUT2D eigenvalue weighted by molar-refractivity contribution is 7.89. The highest BCUT2D eigenvalue weighted by Gasteiger charge is 2.33. The average molecular weight is 409 g/mol. The molecule has 3 rings (SSSR count). The van der Waals surface area contributed by atoms with Gasteiger partial charge in [0.05, 0.1) is 17.9 Å². The monoisotopic (exact) mass is 408 g/mol.